The molecule has 0 saturated carbocycles. The molecule has 2 rings (SSSR count). The number of aromatic nitrogens is 2. The van der Waals surface area contributed by atoms with Gasteiger partial charge in [0.2, 0.25) is 5.95 Å². The number of imidazole rings is 1. The van der Waals surface area contributed by atoms with Gasteiger partial charge in [-0.2, -0.15) is 0 Å². The van der Waals surface area contributed by atoms with Crippen LogP contribution in [0.5, 0.6) is 0 Å². The van der Waals surface area contributed by atoms with Crippen molar-refractivity contribution in [2.45, 2.75) is 32.9 Å². The van der Waals surface area contributed by atoms with Gasteiger partial charge in [-0.1, -0.05) is 30.3 Å². The van der Waals surface area contributed by atoms with Crippen molar-refractivity contribution in [1.29, 1.82) is 0 Å². The highest BCUT2D eigenvalue weighted by atomic mass is 15.2. The molecule has 0 spiro atoms. The lowest BCUT2D eigenvalue weighted by atomic mass is 10.2. The Morgan fingerprint density at radius 3 is 2.71 bits per heavy atom. The summed E-state index contributed by atoms with van der Waals surface area (Å²) < 4.78 is 2.16. The molecule has 0 aliphatic carbocycles. The number of nitrogens with zero attached hydrogens (tertiary/aromatic N) is 3. The normalized spacial score (nSPS) is 11.3. The lowest BCUT2D eigenvalue weighted by molar-refractivity contribution is 0.325. The highest BCUT2D eigenvalue weighted by Gasteiger charge is 2.05. The van der Waals surface area contributed by atoms with Crippen molar-refractivity contribution in [3.05, 3.63) is 48.3 Å². The van der Waals surface area contributed by atoms with Gasteiger partial charge in [0.1, 0.15) is 0 Å². The molecule has 0 aliphatic heterocycles. The molecular weight excluding hydrogens is 260 g/mol. The zero-order chi connectivity index (χ0) is 15.1. The fourth-order valence-electron chi connectivity index (χ4n) is 2.39. The molecular formula is C17H26N4. The highest BCUT2D eigenvalue weighted by Crippen LogP contribution is 2.12. The van der Waals surface area contributed by atoms with E-state index in [1.54, 1.807) is 0 Å². The molecule has 0 bridgehead atoms. The Bertz CT molecular complexity index is 519. The largest absolute Gasteiger partial charge is 0.356 e. The van der Waals surface area contributed by atoms with Gasteiger partial charge < -0.3 is 14.8 Å². The van der Waals surface area contributed by atoms with E-state index >= 15 is 0 Å². The first-order valence-corrected chi connectivity index (χ1v) is 7.66. The lowest BCUT2D eigenvalue weighted by Gasteiger charge is -2.17. The van der Waals surface area contributed by atoms with Crippen LogP contribution < -0.4 is 5.32 Å². The molecule has 2 aromatic rings. The monoisotopic (exact) mass is 286 g/mol. The summed E-state index contributed by atoms with van der Waals surface area (Å²) >= 11 is 0. The minimum atomic E-state index is 0.441. The number of hydrogen-bond donors (Lipinski definition) is 1. The lowest BCUT2D eigenvalue weighted by Crippen LogP contribution is -2.21. The smallest absolute Gasteiger partial charge is 0.203 e. The topological polar surface area (TPSA) is 33.1 Å². The van der Waals surface area contributed by atoms with E-state index in [0.717, 1.165) is 32.0 Å². The predicted molar refractivity (Wildman–Crippen MR) is 88.5 cm³/mol. The van der Waals surface area contributed by atoms with Crippen LogP contribution >= 0.6 is 0 Å². The summed E-state index contributed by atoms with van der Waals surface area (Å²) in [5.74, 6) is 0.968. The Morgan fingerprint density at radius 2 is 2.00 bits per heavy atom. The first-order chi connectivity index (χ1) is 10.2. The zero-order valence-corrected chi connectivity index (χ0v) is 13.3. The number of nitrogens with one attached hydrogen (secondary N) is 1. The Labute approximate surface area is 127 Å². The third kappa shape index (κ3) is 4.90. The van der Waals surface area contributed by atoms with Crippen molar-refractivity contribution in [1.82, 2.24) is 14.5 Å². The summed E-state index contributed by atoms with van der Waals surface area (Å²) in [6.07, 6.45) is 4.98. The first-order valence-electron chi connectivity index (χ1n) is 7.66. The van der Waals surface area contributed by atoms with Crippen molar-refractivity contribution < 1.29 is 0 Å². The second-order valence-electron chi connectivity index (χ2n) is 5.76. The number of anilines is 1. The van der Waals surface area contributed by atoms with Crippen LogP contribution in [0.15, 0.2) is 42.7 Å². The van der Waals surface area contributed by atoms with Gasteiger partial charge in [0.05, 0.1) is 0 Å². The molecule has 1 aromatic carbocycles. The van der Waals surface area contributed by atoms with E-state index in [2.05, 4.69) is 71.0 Å². The van der Waals surface area contributed by atoms with E-state index in [1.807, 2.05) is 12.4 Å². The average molecular weight is 286 g/mol. The molecule has 0 radical (unpaired) electrons. The second kappa shape index (κ2) is 7.84. The molecule has 4 nitrogen and oxygen atoms in total. The summed E-state index contributed by atoms with van der Waals surface area (Å²) in [7, 11) is 2.17. The molecule has 1 heterocycles. The van der Waals surface area contributed by atoms with Crippen LogP contribution in [0.1, 0.15) is 31.9 Å². The van der Waals surface area contributed by atoms with E-state index in [9.17, 15) is 0 Å². The van der Waals surface area contributed by atoms with E-state index in [0.29, 0.717) is 6.04 Å². The summed E-state index contributed by atoms with van der Waals surface area (Å²) in [5.41, 5.74) is 1.36. The Hall–Kier alpha value is -1.81. The van der Waals surface area contributed by atoms with Crippen LogP contribution in [-0.2, 0) is 6.54 Å². The van der Waals surface area contributed by atoms with Crippen molar-refractivity contribution >= 4 is 5.95 Å². The van der Waals surface area contributed by atoms with Gasteiger partial charge in [-0.3, -0.25) is 0 Å². The maximum absolute atomic E-state index is 4.36. The van der Waals surface area contributed by atoms with Crippen LogP contribution in [0.4, 0.5) is 5.95 Å². The predicted octanol–water partition coefficient (Wildman–Crippen LogP) is 3.40. The minimum Gasteiger partial charge on any atom is -0.356 e. The standard InChI is InChI=1S/C17H26N4/c1-15(2)21-13-11-19-17(21)18-10-7-12-20(3)14-16-8-5-4-6-9-16/h4-6,8-9,11,13,15H,7,10,12,14H2,1-3H3,(H,18,19). The van der Waals surface area contributed by atoms with Gasteiger partial charge in [-0.05, 0) is 39.4 Å². The van der Waals surface area contributed by atoms with E-state index in [4.69, 9.17) is 0 Å². The highest BCUT2D eigenvalue weighted by molar-refractivity contribution is 5.26. The summed E-state index contributed by atoms with van der Waals surface area (Å²) in [5, 5.41) is 3.42. The molecule has 114 valence electrons. The molecule has 0 fully saturated rings. The van der Waals surface area contributed by atoms with Crippen LogP contribution in [-0.4, -0.2) is 34.6 Å². The van der Waals surface area contributed by atoms with Gasteiger partial charge in [0.25, 0.3) is 0 Å². The molecule has 1 aromatic heterocycles. The van der Waals surface area contributed by atoms with Crippen molar-refractivity contribution in [2.24, 2.45) is 0 Å². The Kier molecular flexibility index (Phi) is 5.81. The zero-order valence-electron chi connectivity index (χ0n) is 13.3. The number of rotatable bonds is 8. The van der Waals surface area contributed by atoms with Gasteiger partial charge in [0, 0.05) is 31.5 Å². The van der Waals surface area contributed by atoms with Crippen LogP contribution in [0.25, 0.3) is 0 Å². The van der Waals surface area contributed by atoms with Crippen molar-refractivity contribution in [2.75, 3.05) is 25.5 Å². The van der Waals surface area contributed by atoms with E-state index in [1.165, 1.54) is 5.56 Å². The number of benzene rings is 1. The summed E-state index contributed by atoms with van der Waals surface area (Å²) in [6, 6.07) is 11.0. The quantitative estimate of drug-likeness (QED) is 0.755. The maximum atomic E-state index is 4.36. The Morgan fingerprint density at radius 1 is 1.24 bits per heavy atom. The fourth-order valence-corrected chi connectivity index (χ4v) is 2.39. The summed E-state index contributed by atoms with van der Waals surface area (Å²) in [6.45, 7) is 7.36. The molecule has 0 atom stereocenters. The van der Waals surface area contributed by atoms with Crippen molar-refractivity contribution in [3.8, 4) is 0 Å². The van der Waals surface area contributed by atoms with Crippen LogP contribution in [0, 0.1) is 0 Å². The summed E-state index contributed by atoms with van der Waals surface area (Å²) in [4.78, 5) is 6.71. The van der Waals surface area contributed by atoms with E-state index in [-0.39, 0.29) is 0 Å². The third-order valence-corrected chi connectivity index (χ3v) is 3.52. The van der Waals surface area contributed by atoms with Gasteiger partial charge in [-0.25, -0.2) is 4.98 Å². The molecule has 0 amide bonds. The van der Waals surface area contributed by atoms with Crippen molar-refractivity contribution in [3.63, 3.8) is 0 Å². The molecule has 0 aliphatic rings. The number of hydrogen-bond acceptors (Lipinski definition) is 3. The molecule has 4 heteroatoms. The second-order valence-corrected chi connectivity index (χ2v) is 5.76. The first kappa shape index (κ1) is 15.6. The SMILES string of the molecule is CC(C)n1ccnc1NCCCN(C)Cc1ccccc1. The van der Waals surface area contributed by atoms with Gasteiger partial charge in [-0.15, -0.1) is 0 Å². The van der Waals surface area contributed by atoms with Gasteiger partial charge >= 0.3 is 0 Å². The maximum Gasteiger partial charge on any atom is 0.203 e. The fraction of sp³-hybridized carbons (Fsp3) is 0.471. The third-order valence-electron chi connectivity index (χ3n) is 3.52. The molecule has 0 saturated heterocycles. The average Bonchev–Trinajstić information content (AvgIpc) is 2.93. The van der Waals surface area contributed by atoms with Gasteiger partial charge in [0.15, 0.2) is 0 Å². The van der Waals surface area contributed by atoms with E-state index < -0.39 is 0 Å². The van der Waals surface area contributed by atoms with Crippen LogP contribution in [0.3, 0.4) is 0 Å². The Balaban J connectivity index is 1.68. The van der Waals surface area contributed by atoms with Crippen LogP contribution in [0.2, 0.25) is 0 Å². The molecule has 21 heavy (non-hydrogen) atoms. The molecule has 1 N–H and O–H groups in total. The molecule has 0 unspecified atom stereocenters. The minimum absolute atomic E-state index is 0.441.